The van der Waals surface area contributed by atoms with E-state index in [-0.39, 0.29) is 0 Å². The summed E-state index contributed by atoms with van der Waals surface area (Å²) in [6.07, 6.45) is 0.819. The highest BCUT2D eigenvalue weighted by molar-refractivity contribution is 7.99. The molecule has 0 bridgehead atoms. The lowest BCUT2D eigenvalue weighted by Crippen LogP contribution is -1.87. The summed E-state index contributed by atoms with van der Waals surface area (Å²) < 4.78 is 0. The van der Waals surface area contributed by atoms with Gasteiger partial charge in [0.25, 0.3) is 0 Å². The lowest BCUT2D eigenvalue weighted by Gasteiger charge is -2.01. The van der Waals surface area contributed by atoms with E-state index < -0.39 is 0 Å². The van der Waals surface area contributed by atoms with Gasteiger partial charge in [0.1, 0.15) is 0 Å². The lowest BCUT2D eigenvalue weighted by atomic mass is 10.2. The van der Waals surface area contributed by atoms with Gasteiger partial charge in [-0.05, 0) is 24.0 Å². The molecule has 13 heavy (non-hydrogen) atoms. The van der Waals surface area contributed by atoms with E-state index >= 15 is 0 Å². The molecular weight excluding hydrogens is 182 g/mol. The van der Waals surface area contributed by atoms with Crippen LogP contribution in [0.2, 0.25) is 0 Å². The molecule has 0 fully saturated rings. The van der Waals surface area contributed by atoms with Crippen LogP contribution in [0.15, 0.2) is 23.1 Å². The highest BCUT2D eigenvalue weighted by Gasteiger charge is 2.02. The molecular formula is C10H9NOS. The number of carbonyl (C=O) groups excluding carboxylic acids is 1. The maximum atomic E-state index is 10.6. The van der Waals surface area contributed by atoms with Crippen LogP contribution >= 0.6 is 11.8 Å². The summed E-state index contributed by atoms with van der Waals surface area (Å²) in [4.78, 5) is 11.5. The van der Waals surface area contributed by atoms with Gasteiger partial charge in [0.05, 0.1) is 11.6 Å². The minimum atomic E-state index is 0.599. The van der Waals surface area contributed by atoms with E-state index in [1.807, 2.05) is 13.0 Å². The molecule has 1 aromatic carbocycles. The molecule has 0 aliphatic rings. The topological polar surface area (TPSA) is 40.9 Å². The van der Waals surface area contributed by atoms with Crippen molar-refractivity contribution < 1.29 is 4.79 Å². The van der Waals surface area contributed by atoms with Crippen molar-refractivity contribution in [3.63, 3.8) is 0 Å². The van der Waals surface area contributed by atoms with Crippen LogP contribution in [0.1, 0.15) is 22.8 Å². The molecule has 0 aliphatic heterocycles. The zero-order valence-corrected chi connectivity index (χ0v) is 8.10. The van der Waals surface area contributed by atoms with Crippen LogP contribution in [-0.4, -0.2) is 12.0 Å². The molecule has 0 atom stereocenters. The van der Waals surface area contributed by atoms with Gasteiger partial charge in [-0.15, -0.1) is 11.8 Å². The fourth-order valence-electron chi connectivity index (χ4n) is 0.982. The third-order valence-corrected chi connectivity index (χ3v) is 2.52. The first-order valence-electron chi connectivity index (χ1n) is 3.94. The number of rotatable bonds is 3. The van der Waals surface area contributed by atoms with Crippen molar-refractivity contribution in [2.24, 2.45) is 0 Å². The summed E-state index contributed by atoms with van der Waals surface area (Å²) >= 11 is 1.57. The van der Waals surface area contributed by atoms with Crippen molar-refractivity contribution in [1.82, 2.24) is 0 Å². The summed E-state index contributed by atoms with van der Waals surface area (Å²) in [5.41, 5.74) is 1.26. The van der Waals surface area contributed by atoms with Crippen molar-refractivity contribution in [2.75, 3.05) is 5.75 Å². The third-order valence-electron chi connectivity index (χ3n) is 1.57. The summed E-state index contributed by atoms with van der Waals surface area (Å²) in [5.74, 6) is 0.899. The quantitative estimate of drug-likeness (QED) is 0.544. The Morgan fingerprint density at radius 1 is 1.62 bits per heavy atom. The molecule has 0 unspecified atom stereocenters. The minimum absolute atomic E-state index is 0.599. The summed E-state index contributed by atoms with van der Waals surface area (Å²) in [6, 6.07) is 7.14. The number of nitriles is 1. The number of hydrogen-bond acceptors (Lipinski definition) is 3. The maximum Gasteiger partial charge on any atom is 0.151 e. The first-order chi connectivity index (χ1) is 6.31. The Kier molecular flexibility index (Phi) is 3.53. The zero-order chi connectivity index (χ0) is 9.68. The standard InChI is InChI=1S/C10H9NOS/c1-2-13-10-5-8(6-11)3-4-9(10)7-12/h3-5,7H,2H2,1H3. The molecule has 0 radical (unpaired) electrons. The van der Waals surface area contributed by atoms with Gasteiger partial charge in [-0.25, -0.2) is 0 Å². The second-order valence-electron chi connectivity index (χ2n) is 2.42. The van der Waals surface area contributed by atoms with Crippen LogP contribution in [0.5, 0.6) is 0 Å². The van der Waals surface area contributed by atoms with Crippen LogP contribution in [-0.2, 0) is 0 Å². The van der Waals surface area contributed by atoms with Gasteiger partial charge < -0.3 is 0 Å². The molecule has 2 nitrogen and oxygen atoms in total. The predicted octanol–water partition coefficient (Wildman–Crippen LogP) is 2.48. The Hall–Kier alpha value is -1.27. The monoisotopic (exact) mass is 191 g/mol. The minimum Gasteiger partial charge on any atom is -0.298 e. The number of hydrogen-bond donors (Lipinski definition) is 0. The number of benzene rings is 1. The Bertz CT molecular complexity index is 354. The highest BCUT2D eigenvalue weighted by atomic mass is 32.2. The SMILES string of the molecule is CCSc1cc(C#N)ccc1C=O. The number of carbonyl (C=O) groups is 1. The van der Waals surface area contributed by atoms with Gasteiger partial charge >= 0.3 is 0 Å². The van der Waals surface area contributed by atoms with E-state index in [0.29, 0.717) is 11.1 Å². The lowest BCUT2D eigenvalue weighted by molar-refractivity contribution is 0.112. The summed E-state index contributed by atoms with van der Waals surface area (Å²) in [5, 5.41) is 8.65. The Labute approximate surface area is 81.6 Å². The van der Waals surface area contributed by atoms with E-state index in [1.54, 1.807) is 30.0 Å². The average molecular weight is 191 g/mol. The molecule has 0 heterocycles. The largest absolute Gasteiger partial charge is 0.298 e. The van der Waals surface area contributed by atoms with Crippen molar-refractivity contribution in [3.8, 4) is 6.07 Å². The van der Waals surface area contributed by atoms with E-state index in [1.165, 1.54) is 0 Å². The molecule has 1 aromatic rings. The maximum absolute atomic E-state index is 10.6. The van der Waals surface area contributed by atoms with Crippen molar-refractivity contribution >= 4 is 18.0 Å². The first-order valence-corrected chi connectivity index (χ1v) is 4.92. The third kappa shape index (κ3) is 2.33. The molecule has 66 valence electrons. The molecule has 0 spiro atoms. The van der Waals surface area contributed by atoms with Gasteiger partial charge in [-0.3, -0.25) is 4.79 Å². The number of thioether (sulfide) groups is 1. The first kappa shape index (κ1) is 9.82. The Morgan fingerprint density at radius 3 is 2.92 bits per heavy atom. The Balaban J connectivity index is 3.11. The van der Waals surface area contributed by atoms with Crippen molar-refractivity contribution in [3.05, 3.63) is 29.3 Å². The summed E-state index contributed by atoms with van der Waals surface area (Å²) in [6.45, 7) is 2.01. The Morgan fingerprint density at radius 2 is 2.38 bits per heavy atom. The van der Waals surface area contributed by atoms with E-state index in [2.05, 4.69) is 0 Å². The van der Waals surface area contributed by atoms with Crippen LogP contribution in [0, 0.1) is 11.3 Å². The van der Waals surface area contributed by atoms with Gasteiger partial charge in [-0.1, -0.05) is 6.92 Å². The molecule has 0 N–H and O–H groups in total. The van der Waals surface area contributed by atoms with E-state index in [0.717, 1.165) is 16.9 Å². The highest BCUT2D eigenvalue weighted by Crippen LogP contribution is 2.22. The predicted molar refractivity (Wildman–Crippen MR) is 52.9 cm³/mol. The van der Waals surface area contributed by atoms with Crippen LogP contribution in [0.4, 0.5) is 0 Å². The molecule has 3 heteroatoms. The molecule has 0 saturated heterocycles. The second-order valence-corrected chi connectivity index (χ2v) is 3.72. The fraction of sp³-hybridized carbons (Fsp3) is 0.200. The van der Waals surface area contributed by atoms with E-state index in [4.69, 9.17) is 5.26 Å². The van der Waals surface area contributed by atoms with Crippen LogP contribution in [0.3, 0.4) is 0 Å². The van der Waals surface area contributed by atoms with Crippen molar-refractivity contribution in [1.29, 1.82) is 5.26 Å². The normalized spacial score (nSPS) is 9.23. The number of aldehydes is 1. The van der Waals surface area contributed by atoms with E-state index in [9.17, 15) is 4.79 Å². The van der Waals surface area contributed by atoms with Crippen molar-refractivity contribution in [2.45, 2.75) is 11.8 Å². The smallest absolute Gasteiger partial charge is 0.151 e. The second kappa shape index (κ2) is 4.68. The van der Waals surface area contributed by atoms with Gasteiger partial charge in [-0.2, -0.15) is 5.26 Å². The van der Waals surface area contributed by atoms with Crippen LogP contribution < -0.4 is 0 Å². The van der Waals surface area contributed by atoms with Gasteiger partial charge in [0.15, 0.2) is 6.29 Å². The number of nitrogens with zero attached hydrogens (tertiary/aromatic N) is 1. The van der Waals surface area contributed by atoms with Gasteiger partial charge in [0, 0.05) is 10.5 Å². The molecule has 1 rings (SSSR count). The zero-order valence-electron chi connectivity index (χ0n) is 7.28. The van der Waals surface area contributed by atoms with Crippen LogP contribution in [0.25, 0.3) is 0 Å². The molecule has 0 aliphatic carbocycles. The molecule has 0 amide bonds. The molecule has 0 aromatic heterocycles. The molecule has 0 saturated carbocycles. The van der Waals surface area contributed by atoms with Gasteiger partial charge in [0.2, 0.25) is 0 Å². The summed E-state index contributed by atoms with van der Waals surface area (Å²) in [7, 11) is 0. The average Bonchev–Trinajstić information content (AvgIpc) is 2.18. The fourth-order valence-corrected chi connectivity index (χ4v) is 1.79.